The van der Waals surface area contributed by atoms with Gasteiger partial charge in [0.05, 0.1) is 10.4 Å². The summed E-state index contributed by atoms with van der Waals surface area (Å²) in [7, 11) is 0. The summed E-state index contributed by atoms with van der Waals surface area (Å²) in [5.41, 5.74) is 4.75. The Balaban J connectivity index is 1.29. The number of anilines is 2. The maximum absolute atomic E-state index is 3.68. The van der Waals surface area contributed by atoms with E-state index >= 15 is 0 Å². The molecule has 0 radical (unpaired) electrons. The van der Waals surface area contributed by atoms with Gasteiger partial charge < -0.3 is 5.32 Å². The molecule has 1 nitrogen and oxygen atoms in total. The summed E-state index contributed by atoms with van der Waals surface area (Å²) in [6.07, 6.45) is 0. The van der Waals surface area contributed by atoms with E-state index in [9.17, 15) is 0 Å². The molecule has 2 heteroatoms. The van der Waals surface area contributed by atoms with Crippen LogP contribution in [0.25, 0.3) is 52.8 Å². The van der Waals surface area contributed by atoms with E-state index in [0.29, 0.717) is 0 Å². The van der Waals surface area contributed by atoms with Crippen LogP contribution in [0.5, 0.6) is 0 Å². The number of rotatable bonds is 3. The maximum atomic E-state index is 3.68. The van der Waals surface area contributed by atoms with Crippen molar-refractivity contribution in [2.45, 2.75) is 0 Å². The van der Waals surface area contributed by atoms with Gasteiger partial charge in [0, 0.05) is 21.2 Å². The highest BCUT2D eigenvalue weighted by atomic mass is 32.1. The molecule has 0 aliphatic carbocycles. The van der Waals surface area contributed by atoms with Crippen LogP contribution in [0.2, 0.25) is 0 Å². The van der Waals surface area contributed by atoms with E-state index in [2.05, 4.69) is 127 Å². The number of thiophene rings is 1. The lowest BCUT2D eigenvalue weighted by molar-refractivity contribution is 1.58. The summed E-state index contributed by atoms with van der Waals surface area (Å²) >= 11 is 1.86. The van der Waals surface area contributed by atoms with Crippen LogP contribution in [0.15, 0.2) is 121 Å². The van der Waals surface area contributed by atoms with Crippen molar-refractivity contribution in [1.82, 2.24) is 0 Å². The Morgan fingerprint density at radius 2 is 1.18 bits per heavy atom. The molecule has 0 saturated carbocycles. The van der Waals surface area contributed by atoms with E-state index in [1.807, 2.05) is 11.3 Å². The molecule has 0 aliphatic heterocycles. The second kappa shape index (κ2) is 7.72. The molecule has 0 amide bonds. The number of benzene rings is 6. The molecule has 0 atom stereocenters. The average Bonchev–Trinajstić information content (AvgIpc) is 3.29. The first kappa shape index (κ1) is 19.3. The predicted octanol–water partition coefficient (Wildman–Crippen LogP) is 9.77. The summed E-state index contributed by atoms with van der Waals surface area (Å²) < 4.78 is 2.63. The molecule has 1 heterocycles. The Morgan fingerprint density at radius 1 is 0.500 bits per heavy atom. The predicted molar refractivity (Wildman–Crippen MR) is 150 cm³/mol. The Hall–Kier alpha value is -4.14. The highest BCUT2D eigenvalue weighted by Gasteiger charge is 2.12. The second-order valence-electron chi connectivity index (χ2n) is 8.67. The van der Waals surface area contributed by atoms with E-state index in [1.165, 1.54) is 52.8 Å². The molecule has 1 N–H and O–H groups in total. The van der Waals surface area contributed by atoms with Gasteiger partial charge in [-0.3, -0.25) is 0 Å². The van der Waals surface area contributed by atoms with Crippen molar-refractivity contribution < 1.29 is 0 Å². The molecule has 0 spiro atoms. The first-order valence-electron chi connectivity index (χ1n) is 11.5. The van der Waals surface area contributed by atoms with Gasteiger partial charge in [-0.05, 0) is 56.9 Å². The van der Waals surface area contributed by atoms with E-state index in [-0.39, 0.29) is 0 Å². The van der Waals surface area contributed by atoms with Gasteiger partial charge in [-0.25, -0.2) is 0 Å². The minimum Gasteiger partial charge on any atom is -0.354 e. The molecular weight excluding hydrogens is 430 g/mol. The minimum atomic E-state index is 1.10. The monoisotopic (exact) mass is 451 g/mol. The highest BCUT2D eigenvalue weighted by Crippen LogP contribution is 2.42. The van der Waals surface area contributed by atoms with E-state index in [0.717, 1.165) is 11.4 Å². The SMILES string of the molecule is c1ccc2c(-c3ccc(Nc4cccc5c4sc4ccc6ccccc6c45)cc3)cccc2c1. The van der Waals surface area contributed by atoms with Gasteiger partial charge in [0.2, 0.25) is 0 Å². The fourth-order valence-corrected chi connectivity index (χ4v) is 6.22. The van der Waals surface area contributed by atoms with Gasteiger partial charge in [0.25, 0.3) is 0 Å². The van der Waals surface area contributed by atoms with Crippen molar-refractivity contribution in [3.05, 3.63) is 121 Å². The van der Waals surface area contributed by atoms with Gasteiger partial charge in [-0.2, -0.15) is 0 Å². The van der Waals surface area contributed by atoms with Gasteiger partial charge in [-0.15, -0.1) is 11.3 Å². The zero-order valence-corrected chi connectivity index (χ0v) is 19.3. The Labute approximate surface area is 201 Å². The third-order valence-corrected chi connectivity index (χ3v) is 7.86. The number of nitrogens with one attached hydrogen (secondary N) is 1. The zero-order valence-electron chi connectivity index (χ0n) is 18.5. The molecule has 0 aliphatic rings. The molecule has 34 heavy (non-hydrogen) atoms. The highest BCUT2D eigenvalue weighted by molar-refractivity contribution is 7.26. The standard InChI is InChI=1S/C32H21NS/c1-3-10-25-21(7-1)9-5-12-26(25)23-15-18-24(19-16-23)33-29-14-6-13-28-31-27-11-4-2-8-22(27)17-20-30(31)34-32(28)29/h1-20,33H. The van der Waals surface area contributed by atoms with Crippen molar-refractivity contribution in [2.24, 2.45) is 0 Å². The molecule has 0 saturated heterocycles. The molecule has 7 rings (SSSR count). The maximum Gasteiger partial charge on any atom is 0.0590 e. The molecular formula is C32H21NS. The molecule has 160 valence electrons. The minimum absolute atomic E-state index is 1.10. The third-order valence-electron chi connectivity index (χ3n) is 6.65. The van der Waals surface area contributed by atoms with E-state index in [1.54, 1.807) is 0 Å². The molecule has 0 bridgehead atoms. The lowest BCUT2D eigenvalue weighted by Gasteiger charge is -2.10. The van der Waals surface area contributed by atoms with Crippen LogP contribution in [-0.4, -0.2) is 0 Å². The van der Waals surface area contributed by atoms with Crippen molar-refractivity contribution in [2.75, 3.05) is 5.32 Å². The number of hydrogen-bond donors (Lipinski definition) is 1. The fraction of sp³-hybridized carbons (Fsp3) is 0. The van der Waals surface area contributed by atoms with Crippen molar-refractivity contribution in [3.8, 4) is 11.1 Å². The van der Waals surface area contributed by atoms with Crippen molar-refractivity contribution >= 4 is 64.4 Å². The van der Waals surface area contributed by atoms with Crippen LogP contribution >= 0.6 is 11.3 Å². The van der Waals surface area contributed by atoms with Gasteiger partial charge in [-0.1, -0.05) is 97.1 Å². The third kappa shape index (κ3) is 3.07. The molecule has 0 fully saturated rings. The van der Waals surface area contributed by atoms with Crippen LogP contribution in [0, 0.1) is 0 Å². The zero-order chi connectivity index (χ0) is 22.5. The van der Waals surface area contributed by atoms with Crippen LogP contribution in [0.4, 0.5) is 11.4 Å². The largest absolute Gasteiger partial charge is 0.354 e. The lowest BCUT2D eigenvalue weighted by atomic mass is 9.98. The summed E-state index contributed by atoms with van der Waals surface area (Å²) in [6, 6.07) is 43.6. The molecule has 1 aromatic heterocycles. The van der Waals surface area contributed by atoms with Gasteiger partial charge >= 0.3 is 0 Å². The first-order chi connectivity index (χ1) is 16.8. The van der Waals surface area contributed by atoms with Crippen molar-refractivity contribution in [1.29, 1.82) is 0 Å². The van der Waals surface area contributed by atoms with E-state index in [4.69, 9.17) is 0 Å². The molecule has 0 unspecified atom stereocenters. The van der Waals surface area contributed by atoms with Gasteiger partial charge in [0.15, 0.2) is 0 Å². The van der Waals surface area contributed by atoms with Crippen molar-refractivity contribution in [3.63, 3.8) is 0 Å². The smallest absolute Gasteiger partial charge is 0.0590 e. The van der Waals surface area contributed by atoms with E-state index < -0.39 is 0 Å². The summed E-state index contributed by atoms with van der Waals surface area (Å²) in [4.78, 5) is 0. The Morgan fingerprint density at radius 3 is 2.03 bits per heavy atom. The van der Waals surface area contributed by atoms with Crippen LogP contribution in [-0.2, 0) is 0 Å². The average molecular weight is 452 g/mol. The van der Waals surface area contributed by atoms with Gasteiger partial charge in [0.1, 0.15) is 0 Å². The Kier molecular flexibility index (Phi) is 4.39. The second-order valence-corrected chi connectivity index (χ2v) is 9.73. The number of hydrogen-bond acceptors (Lipinski definition) is 2. The normalized spacial score (nSPS) is 11.5. The number of fused-ring (bicyclic) bond motifs is 6. The van der Waals surface area contributed by atoms with Crippen LogP contribution in [0.3, 0.4) is 0 Å². The fourth-order valence-electron chi connectivity index (χ4n) is 5.03. The molecule has 6 aromatic carbocycles. The quantitative estimate of drug-likeness (QED) is 0.282. The first-order valence-corrected chi connectivity index (χ1v) is 12.3. The summed E-state index contributed by atoms with van der Waals surface area (Å²) in [5.74, 6) is 0. The summed E-state index contributed by atoms with van der Waals surface area (Å²) in [6.45, 7) is 0. The lowest BCUT2D eigenvalue weighted by Crippen LogP contribution is -1.90. The van der Waals surface area contributed by atoms with Crippen LogP contribution in [0.1, 0.15) is 0 Å². The Bertz CT molecular complexity index is 1820. The topological polar surface area (TPSA) is 12.0 Å². The van der Waals surface area contributed by atoms with Crippen LogP contribution < -0.4 is 5.32 Å². The molecule has 7 aromatic rings. The summed E-state index contributed by atoms with van der Waals surface area (Å²) in [5, 5.41) is 11.5.